The number of rotatable bonds is 10. The SMILES string of the molecule is CCCC(=O)C1=C(O)[C@@H](C(=O)OC)C(C)(C)CC1=NCCCCCC(=O)O. The standard InChI is InChI=1S/C20H31NO6/c1-5-9-14(22)16-13(21-11-8-6-7-10-15(23)24)12-20(2,3)17(18(16)25)19(26)27-4/h17,25H,5-12H2,1-4H3,(H,23,24)/t17-/m0/s1. The lowest BCUT2D eigenvalue weighted by Crippen LogP contribution is -2.42. The third-order valence-corrected chi connectivity index (χ3v) is 4.77. The number of carboxylic acid groups (broad SMARTS) is 1. The van der Waals surface area contributed by atoms with E-state index in [4.69, 9.17) is 9.84 Å². The highest BCUT2D eigenvalue weighted by Gasteiger charge is 2.47. The van der Waals surface area contributed by atoms with Crippen LogP contribution in [0.1, 0.15) is 65.7 Å². The largest absolute Gasteiger partial charge is 0.511 e. The van der Waals surface area contributed by atoms with Crippen molar-refractivity contribution in [3.8, 4) is 0 Å². The molecule has 0 aromatic heterocycles. The molecule has 1 aliphatic carbocycles. The molecule has 0 aromatic carbocycles. The Morgan fingerprint density at radius 3 is 2.41 bits per heavy atom. The van der Waals surface area contributed by atoms with Crippen molar-refractivity contribution in [1.29, 1.82) is 0 Å². The molecule has 0 spiro atoms. The highest BCUT2D eigenvalue weighted by Crippen LogP contribution is 2.43. The van der Waals surface area contributed by atoms with Gasteiger partial charge in [-0.2, -0.15) is 0 Å². The van der Waals surface area contributed by atoms with Crippen LogP contribution in [0, 0.1) is 11.3 Å². The van der Waals surface area contributed by atoms with Crippen molar-refractivity contribution in [2.75, 3.05) is 13.7 Å². The molecule has 0 unspecified atom stereocenters. The van der Waals surface area contributed by atoms with Crippen LogP contribution in [0.2, 0.25) is 0 Å². The molecular formula is C20H31NO6. The first-order valence-corrected chi connectivity index (χ1v) is 9.45. The minimum absolute atomic E-state index is 0.130. The Labute approximate surface area is 160 Å². The molecule has 1 atom stereocenters. The van der Waals surface area contributed by atoms with Gasteiger partial charge in [0, 0.05) is 25.1 Å². The number of aliphatic hydroxyl groups is 1. The zero-order valence-corrected chi connectivity index (χ0v) is 16.7. The van der Waals surface area contributed by atoms with Crippen LogP contribution in [-0.2, 0) is 19.1 Å². The molecule has 0 bridgehead atoms. The minimum atomic E-state index is -0.896. The molecule has 1 rings (SSSR count). The van der Waals surface area contributed by atoms with E-state index in [0.717, 1.165) is 6.42 Å². The van der Waals surface area contributed by atoms with E-state index in [1.807, 2.05) is 20.8 Å². The number of Topliss-reactive ketones (excluding diaryl/α,β-unsaturated/α-hetero) is 1. The van der Waals surface area contributed by atoms with Gasteiger partial charge in [-0.3, -0.25) is 19.4 Å². The molecule has 0 saturated carbocycles. The highest BCUT2D eigenvalue weighted by atomic mass is 16.5. The molecular weight excluding hydrogens is 350 g/mol. The number of carbonyl (C=O) groups is 3. The van der Waals surface area contributed by atoms with Crippen LogP contribution in [0.3, 0.4) is 0 Å². The Bertz CT molecular complexity index is 632. The molecule has 0 saturated heterocycles. The van der Waals surface area contributed by atoms with Gasteiger partial charge in [0.25, 0.3) is 0 Å². The predicted octanol–water partition coefficient (Wildman–Crippen LogP) is 3.47. The fourth-order valence-corrected chi connectivity index (χ4v) is 3.40. The van der Waals surface area contributed by atoms with Crippen molar-refractivity contribution < 1.29 is 29.3 Å². The number of carbonyl (C=O) groups excluding carboxylic acids is 2. The molecule has 0 amide bonds. The van der Waals surface area contributed by atoms with Gasteiger partial charge in [0.05, 0.1) is 12.7 Å². The predicted molar refractivity (Wildman–Crippen MR) is 102 cm³/mol. The summed E-state index contributed by atoms with van der Waals surface area (Å²) in [5, 5.41) is 19.4. The van der Waals surface area contributed by atoms with E-state index in [9.17, 15) is 19.5 Å². The summed E-state index contributed by atoms with van der Waals surface area (Å²) in [7, 11) is 1.26. The third-order valence-electron chi connectivity index (χ3n) is 4.77. The number of hydrogen-bond donors (Lipinski definition) is 2. The van der Waals surface area contributed by atoms with Gasteiger partial charge < -0.3 is 14.9 Å². The maximum absolute atomic E-state index is 12.6. The molecule has 1 aliphatic rings. The maximum Gasteiger partial charge on any atom is 0.316 e. The van der Waals surface area contributed by atoms with Gasteiger partial charge in [0.15, 0.2) is 5.78 Å². The second kappa shape index (κ2) is 10.2. The Hall–Kier alpha value is -2.18. The molecule has 0 heterocycles. The summed E-state index contributed by atoms with van der Waals surface area (Å²) >= 11 is 0. The van der Waals surface area contributed by atoms with Crippen molar-refractivity contribution in [2.45, 2.75) is 65.7 Å². The molecule has 2 N–H and O–H groups in total. The van der Waals surface area contributed by atoms with Crippen LogP contribution >= 0.6 is 0 Å². The fourth-order valence-electron chi connectivity index (χ4n) is 3.40. The topological polar surface area (TPSA) is 113 Å². The summed E-state index contributed by atoms with van der Waals surface area (Å²) in [4.78, 5) is 39.8. The van der Waals surface area contributed by atoms with E-state index >= 15 is 0 Å². The van der Waals surface area contributed by atoms with Crippen LogP contribution in [-0.4, -0.2) is 47.3 Å². The summed E-state index contributed by atoms with van der Waals surface area (Å²) in [6, 6.07) is 0. The zero-order chi connectivity index (χ0) is 20.6. The first kappa shape index (κ1) is 22.9. The summed E-state index contributed by atoms with van der Waals surface area (Å²) in [6.45, 7) is 6.01. The van der Waals surface area contributed by atoms with Crippen molar-refractivity contribution >= 4 is 23.4 Å². The third kappa shape index (κ3) is 6.19. The second-order valence-corrected chi connectivity index (χ2v) is 7.59. The average Bonchev–Trinajstić information content (AvgIpc) is 2.56. The van der Waals surface area contributed by atoms with Crippen molar-refractivity contribution in [2.24, 2.45) is 16.3 Å². The average molecular weight is 381 g/mol. The quantitative estimate of drug-likeness (QED) is 0.442. The van der Waals surface area contributed by atoms with Crippen LogP contribution < -0.4 is 0 Å². The molecule has 0 radical (unpaired) electrons. The molecule has 7 nitrogen and oxygen atoms in total. The molecule has 7 heteroatoms. The van der Waals surface area contributed by atoms with Gasteiger partial charge in [0.2, 0.25) is 0 Å². The van der Waals surface area contributed by atoms with E-state index in [1.165, 1.54) is 7.11 Å². The van der Waals surface area contributed by atoms with Crippen molar-refractivity contribution in [3.63, 3.8) is 0 Å². The smallest absolute Gasteiger partial charge is 0.316 e. The van der Waals surface area contributed by atoms with Gasteiger partial charge in [-0.1, -0.05) is 27.2 Å². The number of ketones is 1. The summed E-state index contributed by atoms with van der Waals surface area (Å²) in [5.74, 6) is -2.74. The number of allylic oxidation sites excluding steroid dienone is 1. The van der Waals surface area contributed by atoms with E-state index in [2.05, 4.69) is 4.99 Å². The number of unbranched alkanes of at least 4 members (excludes halogenated alkanes) is 2. The van der Waals surface area contributed by atoms with Crippen LogP contribution in [0.25, 0.3) is 0 Å². The lowest BCUT2D eigenvalue weighted by Gasteiger charge is -2.37. The van der Waals surface area contributed by atoms with Gasteiger partial charge in [0.1, 0.15) is 11.7 Å². The van der Waals surface area contributed by atoms with Gasteiger partial charge in [-0.05, 0) is 31.1 Å². The van der Waals surface area contributed by atoms with Crippen LogP contribution in [0.15, 0.2) is 16.3 Å². The molecule has 0 fully saturated rings. The summed E-state index contributed by atoms with van der Waals surface area (Å²) < 4.78 is 4.83. The Morgan fingerprint density at radius 1 is 1.19 bits per heavy atom. The van der Waals surface area contributed by atoms with Gasteiger partial charge in [-0.15, -0.1) is 0 Å². The van der Waals surface area contributed by atoms with Gasteiger partial charge in [-0.25, -0.2) is 0 Å². The van der Waals surface area contributed by atoms with E-state index in [-0.39, 0.29) is 30.0 Å². The highest BCUT2D eigenvalue weighted by molar-refractivity contribution is 6.24. The maximum atomic E-state index is 12.6. The fraction of sp³-hybridized carbons (Fsp3) is 0.700. The number of nitrogens with zero attached hydrogens (tertiary/aromatic N) is 1. The Balaban J connectivity index is 3.08. The molecule has 27 heavy (non-hydrogen) atoms. The minimum Gasteiger partial charge on any atom is -0.511 e. The van der Waals surface area contributed by atoms with Crippen molar-refractivity contribution in [3.05, 3.63) is 11.3 Å². The van der Waals surface area contributed by atoms with E-state index in [0.29, 0.717) is 37.9 Å². The normalized spacial score (nSPS) is 20.6. The summed E-state index contributed by atoms with van der Waals surface area (Å²) in [6.07, 6.45) is 3.43. The molecule has 152 valence electrons. The van der Waals surface area contributed by atoms with Gasteiger partial charge >= 0.3 is 11.9 Å². The number of hydrogen-bond acceptors (Lipinski definition) is 6. The monoisotopic (exact) mass is 381 g/mol. The van der Waals surface area contributed by atoms with Crippen LogP contribution in [0.4, 0.5) is 0 Å². The van der Waals surface area contributed by atoms with E-state index in [1.54, 1.807) is 0 Å². The summed E-state index contributed by atoms with van der Waals surface area (Å²) in [5.41, 5.74) is 0.0430. The first-order valence-electron chi connectivity index (χ1n) is 9.45. The first-order chi connectivity index (χ1) is 12.7. The molecule has 0 aromatic rings. The Morgan fingerprint density at radius 2 is 1.85 bits per heavy atom. The number of aliphatic carboxylic acids is 1. The molecule has 0 aliphatic heterocycles. The van der Waals surface area contributed by atoms with Crippen LogP contribution in [0.5, 0.6) is 0 Å². The second-order valence-electron chi connectivity index (χ2n) is 7.59. The number of esters is 1. The Kier molecular flexibility index (Phi) is 8.66. The zero-order valence-electron chi connectivity index (χ0n) is 16.7. The number of aliphatic hydroxyl groups excluding tert-OH is 1. The number of ether oxygens (including phenoxy) is 1. The number of methoxy groups -OCH3 is 1. The lowest BCUT2D eigenvalue weighted by molar-refractivity contribution is -0.149. The lowest BCUT2D eigenvalue weighted by atomic mass is 9.67. The number of aliphatic imine (C=N–C) groups is 1. The number of carboxylic acids is 1. The van der Waals surface area contributed by atoms with Crippen molar-refractivity contribution in [1.82, 2.24) is 0 Å². The van der Waals surface area contributed by atoms with E-state index < -0.39 is 23.3 Å².